The van der Waals surface area contributed by atoms with Crippen LogP contribution in [0.25, 0.3) is 0 Å². The van der Waals surface area contributed by atoms with E-state index in [-0.39, 0.29) is 6.61 Å². The minimum atomic E-state index is -0.403. The van der Waals surface area contributed by atoms with Crippen molar-refractivity contribution < 1.29 is 9.53 Å². The van der Waals surface area contributed by atoms with E-state index in [4.69, 9.17) is 4.74 Å². The summed E-state index contributed by atoms with van der Waals surface area (Å²) in [6.45, 7) is 0.201. The highest BCUT2D eigenvalue weighted by atomic mass is 16.5. The van der Waals surface area contributed by atoms with Crippen LogP contribution in [0.2, 0.25) is 0 Å². The van der Waals surface area contributed by atoms with Crippen LogP contribution in [0.5, 0.6) is 0 Å². The number of aliphatic imine (C=N–C) groups is 3. The Bertz CT molecular complexity index is 521. The van der Waals surface area contributed by atoms with Gasteiger partial charge in [-0.05, 0) is 24.3 Å². The van der Waals surface area contributed by atoms with Gasteiger partial charge in [0.25, 0.3) is 0 Å². The number of carbonyl (C=O) groups excluding carboxylic acids is 1. The largest absolute Gasteiger partial charge is 0.458 e. The lowest BCUT2D eigenvalue weighted by Gasteiger charge is -1.94. The van der Waals surface area contributed by atoms with Crippen molar-refractivity contribution in [2.24, 2.45) is 15.0 Å². The fourth-order valence-corrected chi connectivity index (χ4v) is 1.01. The number of hydrogen-bond acceptors (Lipinski definition) is 5. The van der Waals surface area contributed by atoms with E-state index >= 15 is 0 Å². The van der Waals surface area contributed by atoms with E-state index in [1.54, 1.807) is 73.7 Å². The van der Waals surface area contributed by atoms with Crippen molar-refractivity contribution in [3.8, 4) is 0 Å². The molecule has 0 saturated heterocycles. The number of allylic oxidation sites excluding steroid dienone is 5. The van der Waals surface area contributed by atoms with Crippen molar-refractivity contribution in [1.82, 2.24) is 0 Å². The number of hydrogen-bond donors (Lipinski definition) is 0. The number of ether oxygens (including phenoxy) is 1. The maximum Gasteiger partial charge on any atom is 0.331 e. The molecule has 0 saturated carbocycles. The third-order valence-electron chi connectivity index (χ3n) is 1.84. The molecule has 0 unspecified atom stereocenters. The normalized spacial score (nSPS) is 16.7. The fraction of sp³-hybridized carbons (Fsp3) is 0.0667. The predicted molar refractivity (Wildman–Crippen MR) is 82.1 cm³/mol. The van der Waals surface area contributed by atoms with Crippen molar-refractivity contribution in [1.29, 1.82) is 0 Å². The Hall–Kier alpha value is -2.82. The molecule has 102 valence electrons. The third kappa shape index (κ3) is 9.23. The van der Waals surface area contributed by atoms with Gasteiger partial charge in [0.1, 0.15) is 6.61 Å². The molecule has 0 N–H and O–H groups in total. The van der Waals surface area contributed by atoms with Crippen LogP contribution in [0.3, 0.4) is 0 Å². The molecule has 1 rings (SSSR count). The van der Waals surface area contributed by atoms with E-state index in [0.717, 1.165) is 0 Å². The number of esters is 1. The second-order valence-electron chi connectivity index (χ2n) is 3.34. The lowest BCUT2D eigenvalue weighted by atomic mass is 10.4. The molecular weight excluding hydrogens is 254 g/mol. The summed E-state index contributed by atoms with van der Waals surface area (Å²) in [4.78, 5) is 23.1. The van der Waals surface area contributed by atoms with Crippen molar-refractivity contribution in [2.45, 2.75) is 0 Å². The molecule has 0 aromatic heterocycles. The monoisotopic (exact) mass is 269 g/mol. The first-order valence-electron chi connectivity index (χ1n) is 5.94. The van der Waals surface area contributed by atoms with Crippen LogP contribution in [0, 0.1) is 0 Å². The maximum atomic E-state index is 11.2. The number of cyclic esters (lactones) is 1. The molecule has 20 heavy (non-hydrogen) atoms. The summed E-state index contributed by atoms with van der Waals surface area (Å²) in [5.41, 5.74) is 0. The molecule has 0 aromatic rings. The highest BCUT2D eigenvalue weighted by Gasteiger charge is 1.91. The summed E-state index contributed by atoms with van der Waals surface area (Å²) < 4.78 is 4.91. The molecule has 0 radical (unpaired) electrons. The minimum Gasteiger partial charge on any atom is -0.458 e. The molecule has 1 heterocycles. The topological polar surface area (TPSA) is 63.4 Å². The van der Waals surface area contributed by atoms with Crippen molar-refractivity contribution in [3.05, 3.63) is 61.1 Å². The molecule has 5 heteroatoms. The van der Waals surface area contributed by atoms with Crippen LogP contribution in [0.4, 0.5) is 0 Å². The molecule has 0 amide bonds. The fourth-order valence-electron chi connectivity index (χ4n) is 1.01. The van der Waals surface area contributed by atoms with Crippen LogP contribution in [-0.2, 0) is 9.53 Å². The Labute approximate surface area is 117 Å². The zero-order valence-electron chi connectivity index (χ0n) is 10.9. The average Bonchev–Trinajstić information content (AvgIpc) is 2.45. The van der Waals surface area contributed by atoms with Crippen molar-refractivity contribution in [3.63, 3.8) is 0 Å². The lowest BCUT2D eigenvalue weighted by Crippen LogP contribution is -1.99. The molecule has 5 nitrogen and oxygen atoms in total. The first kappa shape index (κ1) is 15.2. The van der Waals surface area contributed by atoms with Gasteiger partial charge in [-0.1, -0.05) is 12.2 Å². The van der Waals surface area contributed by atoms with E-state index in [1.807, 2.05) is 0 Å². The summed E-state index contributed by atoms with van der Waals surface area (Å²) in [7, 11) is 0. The Morgan fingerprint density at radius 1 is 0.800 bits per heavy atom. The van der Waals surface area contributed by atoms with Gasteiger partial charge < -0.3 is 4.74 Å². The molecule has 0 spiro atoms. The molecule has 0 aromatic carbocycles. The van der Waals surface area contributed by atoms with Gasteiger partial charge in [-0.3, -0.25) is 15.0 Å². The van der Waals surface area contributed by atoms with Crippen LogP contribution < -0.4 is 0 Å². The molecule has 0 atom stereocenters. The van der Waals surface area contributed by atoms with Crippen molar-refractivity contribution >= 4 is 24.6 Å². The van der Waals surface area contributed by atoms with E-state index < -0.39 is 5.97 Å². The van der Waals surface area contributed by atoms with Crippen LogP contribution in [0.15, 0.2) is 76.1 Å². The van der Waals surface area contributed by atoms with Crippen LogP contribution >= 0.6 is 0 Å². The second-order valence-corrected chi connectivity index (χ2v) is 3.34. The summed E-state index contributed by atoms with van der Waals surface area (Å²) in [5.74, 6) is -0.403. The molecule has 1 aliphatic rings. The van der Waals surface area contributed by atoms with Gasteiger partial charge in [0.15, 0.2) is 0 Å². The lowest BCUT2D eigenvalue weighted by molar-refractivity contribution is -0.136. The van der Waals surface area contributed by atoms with E-state index in [9.17, 15) is 4.79 Å². The predicted octanol–water partition coefficient (Wildman–Crippen LogP) is 2.41. The van der Waals surface area contributed by atoms with Crippen LogP contribution in [0.1, 0.15) is 0 Å². The number of carbonyl (C=O) groups is 1. The van der Waals surface area contributed by atoms with E-state index in [0.29, 0.717) is 0 Å². The number of rotatable bonds is 0. The molecule has 0 fully saturated rings. The minimum absolute atomic E-state index is 0.201. The second kappa shape index (κ2) is 11.3. The average molecular weight is 269 g/mol. The molecule has 0 bridgehead atoms. The zero-order valence-corrected chi connectivity index (χ0v) is 10.9. The Morgan fingerprint density at radius 2 is 1.50 bits per heavy atom. The first-order valence-corrected chi connectivity index (χ1v) is 5.94. The number of nitrogens with zero attached hydrogens (tertiary/aromatic N) is 3. The standard InChI is InChI=1S/C15H15N3O2/c19-15-7-2-1-3-8-16-10-6-11-18-13-12-17-9-4-5-14-20-15/h1-13H,14H2. The quantitative estimate of drug-likeness (QED) is 0.634. The van der Waals surface area contributed by atoms with Gasteiger partial charge >= 0.3 is 5.97 Å². The third-order valence-corrected chi connectivity index (χ3v) is 1.84. The van der Waals surface area contributed by atoms with Gasteiger partial charge in [0, 0.05) is 43.3 Å². The summed E-state index contributed by atoms with van der Waals surface area (Å²) in [6, 6.07) is 0. The summed E-state index contributed by atoms with van der Waals surface area (Å²) in [6.07, 6.45) is 20.8. The van der Waals surface area contributed by atoms with E-state index in [2.05, 4.69) is 15.0 Å². The summed E-state index contributed by atoms with van der Waals surface area (Å²) in [5, 5.41) is 0. The zero-order chi connectivity index (χ0) is 14.3. The van der Waals surface area contributed by atoms with Gasteiger partial charge in [0.05, 0.1) is 0 Å². The Kier molecular flexibility index (Phi) is 8.59. The van der Waals surface area contributed by atoms with Gasteiger partial charge in [-0.25, -0.2) is 4.79 Å². The molecule has 0 aliphatic carbocycles. The maximum absolute atomic E-state index is 11.2. The highest BCUT2D eigenvalue weighted by Crippen LogP contribution is 1.85. The molecule has 1 aliphatic heterocycles. The van der Waals surface area contributed by atoms with Gasteiger partial charge in [-0.2, -0.15) is 0 Å². The molecular formula is C15H15N3O2. The van der Waals surface area contributed by atoms with Gasteiger partial charge in [0.2, 0.25) is 0 Å². The van der Waals surface area contributed by atoms with E-state index in [1.165, 1.54) is 6.08 Å². The SMILES string of the molecule is O=C1C=CC=CC=NC=CC=NC=CN=CC=CCO1. The first-order chi connectivity index (χ1) is 9.89. The highest BCUT2D eigenvalue weighted by molar-refractivity contribution is 5.83. The Morgan fingerprint density at radius 3 is 2.35 bits per heavy atom. The van der Waals surface area contributed by atoms with Crippen LogP contribution in [-0.4, -0.2) is 31.2 Å². The van der Waals surface area contributed by atoms with Gasteiger partial charge in [-0.15, -0.1) is 0 Å². The van der Waals surface area contributed by atoms with Crippen molar-refractivity contribution in [2.75, 3.05) is 6.61 Å². The smallest absolute Gasteiger partial charge is 0.331 e. The Balaban J connectivity index is 2.65. The summed E-state index contributed by atoms with van der Waals surface area (Å²) >= 11 is 0.